The van der Waals surface area contributed by atoms with E-state index in [1.807, 2.05) is 60.7 Å². The van der Waals surface area contributed by atoms with Crippen molar-refractivity contribution in [2.45, 2.75) is 37.6 Å². The zero-order chi connectivity index (χ0) is 32.4. The number of carbonyl (C=O) groups is 1. The van der Waals surface area contributed by atoms with Crippen molar-refractivity contribution in [3.63, 3.8) is 0 Å². The lowest BCUT2D eigenvalue weighted by molar-refractivity contribution is -0.137. The first kappa shape index (κ1) is 36.4. The molecule has 4 aromatic carbocycles. The van der Waals surface area contributed by atoms with E-state index in [1.165, 1.54) is 6.07 Å². The minimum absolute atomic E-state index is 0. The minimum atomic E-state index is -4.54. The summed E-state index contributed by atoms with van der Waals surface area (Å²) in [5.41, 5.74) is 2.68. The summed E-state index contributed by atoms with van der Waals surface area (Å²) in [5, 5.41) is 2.91. The summed E-state index contributed by atoms with van der Waals surface area (Å²) >= 11 is 6.34. The van der Waals surface area contributed by atoms with Gasteiger partial charge in [0.2, 0.25) is 0 Å². The fourth-order valence-corrected chi connectivity index (χ4v) is 6.03. The summed E-state index contributed by atoms with van der Waals surface area (Å²) in [6, 6.07) is 31.8. The van der Waals surface area contributed by atoms with E-state index in [2.05, 4.69) is 34.5 Å². The molecule has 1 unspecified atom stereocenters. The Kier molecular flexibility index (Phi) is 13.7. The quantitative estimate of drug-likeness (QED) is 0.136. The Bertz CT molecular complexity index is 1510. The molecule has 0 aromatic heterocycles. The Labute approximate surface area is 285 Å². The van der Waals surface area contributed by atoms with Gasteiger partial charge in [0.1, 0.15) is 11.9 Å². The number of ketones is 1. The molecule has 5 nitrogen and oxygen atoms in total. The van der Waals surface area contributed by atoms with Gasteiger partial charge >= 0.3 is 6.18 Å². The van der Waals surface area contributed by atoms with Crippen molar-refractivity contribution < 1.29 is 27.4 Å². The van der Waals surface area contributed by atoms with E-state index in [-0.39, 0.29) is 42.1 Å². The predicted molar refractivity (Wildman–Crippen MR) is 182 cm³/mol. The molecule has 0 amide bonds. The van der Waals surface area contributed by atoms with Crippen LogP contribution in [-0.2, 0) is 28.7 Å². The Balaban J connectivity index is 0.00000500. The largest absolute Gasteiger partial charge is 0.494 e. The second kappa shape index (κ2) is 17.7. The summed E-state index contributed by atoms with van der Waals surface area (Å²) < 4.78 is 52.7. The molecule has 1 aliphatic heterocycles. The number of nitrogens with zero attached hydrogens (tertiary/aromatic N) is 1. The highest BCUT2D eigenvalue weighted by Crippen LogP contribution is 2.37. The second-order valence-corrected chi connectivity index (χ2v) is 11.8. The molecule has 1 aliphatic rings. The van der Waals surface area contributed by atoms with Gasteiger partial charge in [-0.05, 0) is 46.9 Å². The molecule has 1 atom stereocenters. The third-order valence-corrected chi connectivity index (χ3v) is 8.52. The van der Waals surface area contributed by atoms with Gasteiger partial charge in [-0.25, -0.2) is 0 Å². The molecule has 0 saturated carbocycles. The Morgan fingerprint density at radius 3 is 2.28 bits per heavy atom. The van der Waals surface area contributed by atoms with Crippen molar-refractivity contribution in [1.82, 2.24) is 10.2 Å². The van der Waals surface area contributed by atoms with Crippen LogP contribution in [0.5, 0.6) is 5.75 Å². The Morgan fingerprint density at radius 2 is 1.64 bits per heavy atom. The lowest BCUT2D eigenvalue weighted by Crippen LogP contribution is -2.43. The van der Waals surface area contributed by atoms with Gasteiger partial charge in [0.25, 0.3) is 0 Å². The first-order chi connectivity index (χ1) is 22.3. The van der Waals surface area contributed by atoms with Crippen LogP contribution in [-0.4, -0.2) is 56.2 Å². The van der Waals surface area contributed by atoms with E-state index in [0.29, 0.717) is 50.6 Å². The van der Waals surface area contributed by atoms with E-state index < -0.39 is 17.8 Å². The third kappa shape index (κ3) is 10.5. The molecule has 10 heteroatoms. The molecule has 0 aliphatic carbocycles. The molecule has 0 radical (unpaired) electrons. The maximum atomic E-state index is 13.7. The maximum absolute atomic E-state index is 13.7. The summed E-state index contributed by atoms with van der Waals surface area (Å²) in [5.74, 6) is 0.678. The zero-order valence-corrected chi connectivity index (χ0v) is 27.5. The number of morpholine rings is 1. The van der Waals surface area contributed by atoms with Crippen LogP contribution in [0.15, 0.2) is 103 Å². The molecule has 1 fully saturated rings. The number of nitrogens with one attached hydrogen (secondary N) is 1. The van der Waals surface area contributed by atoms with Crippen molar-refractivity contribution in [2.24, 2.45) is 0 Å². The number of alkyl halides is 3. The van der Waals surface area contributed by atoms with Crippen LogP contribution in [0.2, 0.25) is 5.02 Å². The molecule has 0 bridgehead atoms. The van der Waals surface area contributed by atoms with E-state index in [1.54, 1.807) is 6.07 Å². The molecular weight excluding hydrogens is 648 g/mol. The van der Waals surface area contributed by atoms with Gasteiger partial charge in [-0.1, -0.05) is 96.5 Å². The molecule has 4 aromatic rings. The van der Waals surface area contributed by atoms with Crippen LogP contribution in [0.25, 0.3) is 0 Å². The fraction of sp³-hybridized carbons (Fsp3) is 0.324. The third-order valence-electron chi connectivity index (χ3n) is 8.07. The van der Waals surface area contributed by atoms with Gasteiger partial charge in [0, 0.05) is 45.1 Å². The minimum Gasteiger partial charge on any atom is -0.494 e. The van der Waals surface area contributed by atoms with Crippen LogP contribution in [0.4, 0.5) is 13.2 Å². The number of halogens is 5. The van der Waals surface area contributed by atoms with Crippen molar-refractivity contribution in [1.29, 1.82) is 0 Å². The molecular formula is C37H39Cl2F3N2O3. The van der Waals surface area contributed by atoms with Crippen LogP contribution in [0.1, 0.15) is 40.2 Å². The summed E-state index contributed by atoms with van der Waals surface area (Å²) in [6.45, 7) is 3.55. The number of hydrogen-bond acceptors (Lipinski definition) is 5. The van der Waals surface area contributed by atoms with E-state index >= 15 is 0 Å². The summed E-state index contributed by atoms with van der Waals surface area (Å²) in [7, 11) is 0. The number of hydrogen-bond donors (Lipinski definition) is 1. The van der Waals surface area contributed by atoms with E-state index in [0.717, 1.165) is 29.3 Å². The molecule has 0 spiro atoms. The lowest BCUT2D eigenvalue weighted by atomic mass is 9.90. The van der Waals surface area contributed by atoms with E-state index in [4.69, 9.17) is 21.1 Å². The Hall–Kier alpha value is -3.40. The van der Waals surface area contributed by atoms with Crippen molar-refractivity contribution in [3.8, 4) is 5.75 Å². The average molecular weight is 688 g/mol. The molecule has 1 N–H and O–H groups in total. The monoisotopic (exact) mass is 686 g/mol. The Morgan fingerprint density at radius 1 is 0.957 bits per heavy atom. The van der Waals surface area contributed by atoms with Crippen molar-refractivity contribution in [2.75, 3.05) is 39.4 Å². The number of Topliss-reactive ketones (excluding diaryl/α,β-unsaturated/α-hetero) is 1. The number of rotatable bonds is 14. The molecule has 250 valence electrons. The molecule has 1 heterocycles. The molecule has 1 saturated heterocycles. The fourth-order valence-electron chi connectivity index (χ4n) is 5.74. The lowest BCUT2D eigenvalue weighted by Gasteiger charge is -2.29. The van der Waals surface area contributed by atoms with Crippen molar-refractivity contribution in [3.05, 3.63) is 136 Å². The summed E-state index contributed by atoms with van der Waals surface area (Å²) in [6.07, 6.45) is -4.10. The average Bonchev–Trinajstić information content (AvgIpc) is 3.07. The topological polar surface area (TPSA) is 50.8 Å². The highest BCUT2D eigenvalue weighted by molar-refractivity contribution is 6.32. The maximum Gasteiger partial charge on any atom is 0.417 e. The predicted octanol–water partition coefficient (Wildman–Crippen LogP) is 7.98. The van der Waals surface area contributed by atoms with Crippen LogP contribution in [0, 0.1) is 0 Å². The second-order valence-electron chi connectivity index (χ2n) is 11.4. The zero-order valence-electron chi connectivity index (χ0n) is 25.9. The van der Waals surface area contributed by atoms with E-state index in [9.17, 15) is 18.0 Å². The standard InChI is InChI=1S/C37H38ClF3N2O3.ClH/c38-36-30(15-8-17-33(36)37(39,40)41)25-43(26-32(28-11-3-1-4-12-28)29-13-5-2-6-14-29)19-9-20-45-31-16-7-10-27(22-31)23-34(44)35-24-42-18-21-46-35;/h1-8,10-17,22,32,35,42H,9,18-21,23-26H2;1H. The van der Waals surface area contributed by atoms with Gasteiger partial charge < -0.3 is 14.8 Å². The normalized spacial score (nSPS) is 15.0. The van der Waals surface area contributed by atoms with Gasteiger partial charge in [-0.15, -0.1) is 12.4 Å². The van der Waals surface area contributed by atoms with Crippen LogP contribution in [0.3, 0.4) is 0 Å². The highest BCUT2D eigenvalue weighted by atomic mass is 35.5. The number of benzene rings is 4. The number of carbonyl (C=O) groups excluding carboxylic acids is 1. The first-order valence-electron chi connectivity index (χ1n) is 15.5. The highest BCUT2D eigenvalue weighted by Gasteiger charge is 2.34. The SMILES string of the molecule is Cl.O=C(Cc1cccc(OCCCN(Cc2cccc(C(F)(F)F)c2Cl)CC(c2ccccc2)c2ccccc2)c1)C1CNCCO1. The first-order valence-corrected chi connectivity index (χ1v) is 15.9. The van der Waals surface area contributed by atoms with Crippen molar-refractivity contribution >= 4 is 29.8 Å². The smallest absolute Gasteiger partial charge is 0.417 e. The molecule has 5 rings (SSSR count). The van der Waals surface area contributed by atoms with Gasteiger partial charge in [0.05, 0.1) is 23.8 Å². The summed E-state index contributed by atoms with van der Waals surface area (Å²) in [4.78, 5) is 14.8. The number of ether oxygens (including phenoxy) is 2. The van der Waals surface area contributed by atoms with Gasteiger partial charge in [-0.3, -0.25) is 9.69 Å². The molecule has 47 heavy (non-hydrogen) atoms. The van der Waals surface area contributed by atoms with Gasteiger partial charge in [-0.2, -0.15) is 13.2 Å². The van der Waals surface area contributed by atoms with Gasteiger partial charge in [0.15, 0.2) is 5.78 Å². The van der Waals surface area contributed by atoms with Crippen LogP contribution < -0.4 is 10.1 Å². The van der Waals surface area contributed by atoms with Crippen LogP contribution >= 0.6 is 24.0 Å².